The number of aromatic amines is 1. The Bertz CT molecular complexity index is 202. The van der Waals surface area contributed by atoms with Gasteiger partial charge in [-0.05, 0) is 13.8 Å². The molecule has 0 aliphatic rings. The van der Waals surface area contributed by atoms with Crippen LogP contribution in [0.1, 0.15) is 18.4 Å². The monoisotopic (exact) mass is 139 g/mol. The van der Waals surface area contributed by atoms with Crippen LogP contribution in [0.5, 0.6) is 0 Å². The zero-order valence-corrected chi connectivity index (χ0v) is 6.39. The molecule has 1 heterocycles. The van der Waals surface area contributed by atoms with Crippen molar-refractivity contribution in [2.24, 2.45) is 5.73 Å². The molecule has 1 aromatic heterocycles. The molecule has 1 atom stereocenters. The normalized spacial score (nSPS) is 13.5. The van der Waals surface area contributed by atoms with Crippen LogP contribution in [0.15, 0.2) is 6.20 Å². The molecule has 0 saturated heterocycles. The summed E-state index contributed by atoms with van der Waals surface area (Å²) in [4.78, 5) is 7.24. The molecule has 0 amide bonds. The van der Waals surface area contributed by atoms with Gasteiger partial charge in [0.1, 0.15) is 5.82 Å². The fourth-order valence-electron chi connectivity index (χ4n) is 0.876. The maximum atomic E-state index is 5.57. The maximum absolute atomic E-state index is 5.57. The van der Waals surface area contributed by atoms with E-state index in [2.05, 4.69) is 9.97 Å². The minimum atomic E-state index is 0.186. The number of aromatic nitrogens is 2. The second-order valence-electron chi connectivity index (χ2n) is 2.69. The molecular weight excluding hydrogens is 126 g/mol. The summed E-state index contributed by atoms with van der Waals surface area (Å²) < 4.78 is 0. The smallest absolute Gasteiger partial charge is 0.107 e. The SMILES string of the molecule is Cc1cnc(CC(C)N)[nH]1. The number of nitrogens with two attached hydrogens (primary N) is 1. The first-order chi connectivity index (χ1) is 4.68. The van der Waals surface area contributed by atoms with Crippen LogP contribution in [-0.4, -0.2) is 16.0 Å². The van der Waals surface area contributed by atoms with E-state index in [-0.39, 0.29) is 6.04 Å². The third-order valence-electron chi connectivity index (χ3n) is 1.27. The topological polar surface area (TPSA) is 54.7 Å². The molecule has 1 aromatic rings. The Kier molecular flexibility index (Phi) is 2.06. The van der Waals surface area contributed by atoms with Gasteiger partial charge in [0.15, 0.2) is 0 Å². The molecular formula is C7H13N3. The highest BCUT2D eigenvalue weighted by Crippen LogP contribution is 1.96. The van der Waals surface area contributed by atoms with Gasteiger partial charge >= 0.3 is 0 Å². The van der Waals surface area contributed by atoms with E-state index in [1.807, 2.05) is 20.0 Å². The first kappa shape index (κ1) is 7.28. The van der Waals surface area contributed by atoms with Gasteiger partial charge in [-0.3, -0.25) is 0 Å². The first-order valence-electron chi connectivity index (χ1n) is 3.44. The predicted molar refractivity (Wildman–Crippen MR) is 40.7 cm³/mol. The highest BCUT2D eigenvalue weighted by atomic mass is 14.9. The van der Waals surface area contributed by atoms with Gasteiger partial charge in [0.2, 0.25) is 0 Å². The van der Waals surface area contributed by atoms with Gasteiger partial charge in [-0.1, -0.05) is 0 Å². The number of hydrogen-bond acceptors (Lipinski definition) is 2. The van der Waals surface area contributed by atoms with Crippen molar-refractivity contribution in [1.29, 1.82) is 0 Å². The van der Waals surface area contributed by atoms with E-state index in [4.69, 9.17) is 5.73 Å². The molecule has 0 spiro atoms. The highest BCUT2D eigenvalue weighted by molar-refractivity contribution is 4.99. The average molecular weight is 139 g/mol. The zero-order chi connectivity index (χ0) is 7.56. The van der Waals surface area contributed by atoms with Crippen LogP contribution in [0, 0.1) is 6.92 Å². The van der Waals surface area contributed by atoms with Crippen molar-refractivity contribution >= 4 is 0 Å². The van der Waals surface area contributed by atoms with Gasteiger partial charge in [-0.2, -0.15) is 0 Å². The average Bonchev–Trinajstić information content (AvgIpc) is 2.13. The largest absolute Gasteiger partial charge is 0.346 e. The molecule has 0 aliphatic heterocycles. The van der Waals surface area contributed by atoms with Gasteiger partial charge in [0.25, 0.3) is 0 Å². The molecule has 56 valence electrons. The molecule has 0 aromatic carbocycles. The van der Waals surface area contributed by atoms with Crippen LogP contribution >= 0.6 is 0 Å². The number of hydrogen-bond donors (Lipinski definition) is 2. The van der Waals surface area contributed by atoms with E-state index in [0.717, 1.165) is 17.9 Å². The predicted octanol–water partition coefficient (Wildman–Crippen LogP) is 0.608. The Labute approximate surface area is 60.7 Å². The van der Waals surface area contributed by atoms with Gasteiger partial charge < -0.3 is 10.7 Å². The maximum Gasteiger partial charge on any atom is 0.107 e. The Morgan fingerprint density at radius 1 is 1.80 bits per heavy atom. The van der Waals surface area contributed by atoms with Crippen molar-refractivity contribution < 1.29 is 0 Å². The van der Waals surface area contributed by atoms with E-state index >= 15 is 0 Å². The van der Waals surface area contributed by atoms with Crippen LogP contribution < -0.4 is 5.73 Å². The van der Waals surface area contributed by atoms with E-state index in [1.54, 1.807) is 0 Å². The lowest BCUT2D eigenvalue weighted by Crippen LogP contribution is -2.18. The Morgan fingerprint density at radius 2 is 2.50 bits per heavy atom. The lowest BCUT2D eigenvalue weighted by molar-refractivity contribution is 0.709. The third-order valence-corrected chi connectivity index (χ3v) is 1.27. The number of aryl methyl sites for hydroxylation is 1. The lowest BCUT2D eigenvalue weighted by Gasteiger charge is -1.99. The fourth-order valence-corrected chi connectivity index (χ4v) is 0.876. The molecule has 0 fully saturated rings. The summed E-state index contributed by atoms with van der Waals surface area (Å²) in [5.74, 6) is 0.979. The molecule has 3 nitrogen and oxygen atoms in total. The summed E-state index contributed by atoms with van der Waals surface area (Å²) in [6.07, 6.45) is 2.64. The summed E-state index contributed by atoms with van der Waals surface area (Å²) in [7, 11) is 0. The summed E-state index contributed by atoms with van der Waals surface area (Å²) >= 11 is 0. The molecule has 1 rings (SSSR count). The van der Waals surface area contributed by atoms with E-state index in [9.17, 15) is 0 Å². The molecule has 0 aliphatic carbocycles. The van der Waals surface area contributed by atoms with Crippen LogP contribution in [0.3, 0.4) is 0 Å². The standard InChI is InChI=1S/C7H13N3/c1-5(8)3-7-9-4-6(2)10-7/h4-5H,3,8H2,1-2H3,(H,9,10). The van der Waals surface area contributed by atoms with Crippen LogP contribution in [-0.2, 0) is 6.42 Å². The number of imidazole rings is 1. The third kappa shape index (κ3) is 1.84. The summed E-state index contributed by atoms with van der Waals surface area (Å²) in [6, 6.07) is 0.186. The second-order valence-corrected chi connectivity index (χ2v) is 2.69. The highest BCUT2D eigenvalue weighted by Gasteiger charge is 1.99. The summed E-state index contributed by atoms with van der Waals surface area (Å²) in [6.45, 7) is 3.95. The van der Waals surface area contributed by atoms with Crippen molar-refractivity contribution in [1.82, 2.24) is 9.97 Å². The summed E-state index contributed by atoms with van der Waals surface area (Å²) in [5.41, 5.74) is 6.67. The van der Waals surface area contributed by atoms with E-state index < -0.39 is 0 Å². The number of nitrogens with zero attached hydrogens (tertiary/aromatic N) is 1. The van der Waals surface area contributed by atoms with E-state index in [1.165, 1.54) is 0 Å². The number of H-pyrrole nitrogens is 1. The minimum absolute atomic E-state index is 0.186. The van der Waals surface area contributed by atoms with Crippen LogP contribution in [0.4, 0.5) is 0 Å². The first-order valence-corrected chi connectivity index (χ1v) is 3.44. The fraction of sp³-hybridized carbons (Fsp3) is 0.571. The Hall–Kier alpha value is -0.830. The van der Waals surface area contributed by atoms with Crippen molar-refractivity contribution in [2.45, 2.75) is 26.3 Å². The van der Waals surface area contributed by atoms with Gasteiger partial charge in [0, 0.05) is 24.4 Å². The van der Waals surface area contributed by atoms with Crippen LogP contribution in [0.2, 0.25) is 0 Å². The molecule has 3 N–H and O–H groups in total. The zero-order valence-electron chi connectivity index (χ0n) is 6.39. The minimum Gasteiger partial charge on any atom is -0.346 e. The summed E-state index contributed by atoms with van der Waals surface area (Å²) in [5, 5.41) is 0. The van der Waals surface area contributed by atoms with Crippen molar-refractivity contribution in [2.75, 3.05) is 0 Å². The molecule has 10 heavy (non-hydrogen) atoms. The number of rotatable bonds is 2. The quantitative estimate of drug-likeness (QED) is 0.630. The van der Waals surface area contributed by atoms with Crippen molar-refractivity contribution in [3.05, 3.63) is 17.7 Å². The van der Waals surface area contributed by atoms with Crippen LogP contribution in [0.25, 0.3) is 0 Å². The van der Waals surface area contributed by atoms with Gasteiger partial charge in [0.05, 0.1) is 0 Å². The van der Waals surface area contributed by atoms with Gasteiger partial charge in [-0.15, -0.1) is 0 Å². The van der Waals surface area contributed by atoms with Crippen molar-refractivity contribution in [3.8, 4) is 0 Å². The molecule has 0 saturated carbocycles. The molecule has 0 bridgehead atoms. The van der Waals surface area contributed by atoms with E-state index in [0.29, 0.717) is 0 Å². The molecule has 3 heteroatoms. The van der Waals surface area contributed by atoms with Gasteiger partial charge in [-0.25, -0.2) is 4.98 Å². The molecule has 0 radical (unpaired) electrons. The van der Waals surface area contributed by atoms with Crippen molar-refractivity contribution in [3.63, 3.8) is 0 Å². The Balaban J connectivity index is 2.58. The second kappa shape index (κ2) is 2.84. The number of nitrogens with one attached hydrogen (secondary N) is 1. The Morgan fingerprint density at radius 3 is 2.90 bits per heavy atom. The lowest BCUT2D eigenvalue weighted by atomic mass is 10.2. The molecule has 1 unspecified atom stereocenters.